The second-order valence-corrected chi connectivity index (χ2v) is 8.50. The van der Waals surface area contributed by atoms with Crippen molar-refractivity contribution in [3.8, 4) is 0 Å². The predicted molar refractivity (Wildman–Crippen MR) is 106 cm³/mol. The van der Waals surface area contributed by atoms with Crippen molar-refractivity contribution in [3.63, 3.8) is 0 Å². The fourth-order valence-electron chi connectivity index (χ4n) is 3.33. The number of amides is 3. The van der Waals surface area contributed by atoms with E-state index < -0.39 is 4.87 Å². The summed E-state index contributed by atoms with van der Waals surface area (Å²) in [6, 6.07) is 5.81. The number of carbonyl (C=O) groups is 3. The van der Waals surface area contributed by atoms with Gasteiger partial charge in [-0.2, -0.15) is 5.01 Å². The summed E-state index contributed by atoms with van der Waals surface area (Å²) in [5.74, 6) is -0.412. The molecule has 3 amide bonds. The maximum Gasteiger partial charge on any atom is 0.270 e. The van der Waals surface area contributed by atoms with Crippen LogP contribution < -0.4 is 10.2 Å². The molecule has 8 heteroatoms. The first-order chi connectivity index (χ1) is 12.7. The van der Waals surface area contributed by atoms with E-state index in [2.05, 4.69) is 24.3 Å². The third kappa shape index (κ3) is 3.22. The van der Waals surface area contributed by atoms with Crippen molar-refractivity contribution in [2.45, 2.75) is 45.9 Å². The number of fused-ring (bicyclic) bond motifs is 2. The summed E-state index contributed by atoms with van der Waals surface area (Å²) in [6.07, 6.45) is 0.847. The van der Waals surface area contributed by atoms with E-state index in [1.54, 1.807) is 4.90 Å². The number of benzene rings is 1. The van der Waals surface area contributed by atoms with Crippen LogP contribution in [-0.2, 0) is 19.3 Å². The highest BCUT2D eigenvalue weighted by molar-refractivity contribution is 8.15. The second-order valence-electron chi connectivity index (χ2n) is 7.32. The fourth-order valence-corrected chi connectivity index (χ4v) is 4.66. The van der Waals surface area contributed by atoms with Crippen molar-refractivity contribution in [2.24, 2.45) is 11.0 Å². The van der Waals surface area contributed by atoms with Gasteiger partial charge in [0.2, 0.25) is 16.7 Å². The molecule has 0 aliphatic carbocycles. The molecule has 0 saturated carbocycles. The molecule has 7 nitrogen and oxygen atoms in total. The molecule has 0 aromatic heterocycles. The van der Waals surface area contributed by atoms with Crippen LogP contribution in [0.1, 0.15) is 45.2 Å². The highest BCUT2D eigenvalue weighted by Crippen LogP contribution is 2.54. The molecule has 0 bridgehead atoms. The molecular formula is C19H24N4O3S. The van der Waals surface area contributed by atoms with E-state index in [0.717, 1.165) is 35.0 Å². The number of carbonyl (C=O) groups excluding carboxylic acids is 3. The summed E-state index contributed by atoms with van der Waals surface area (Å²) in [7, 11) is 0. The molecule has 1 N–H and O–H groups in total. The molecule has 1 atom stereocenters. The molecule has 0 radical (unpaired) electrons. The molecule has 2 aliphatic rings. The third-order valence-electron chi connectivity index (χ3n) is 4.59. The maximum absolute atomic E-state index is 13.6. The van der Waals surface area contributed by atoms with Crippen LogP contribution in [0.2, 0.25) is 0 Å². The van der Waals surface area contributed by atoms with Crippen LogP contribution >= 0.6 is 11.8 Å². The number of aryl methyl sites for hydroxylation is 1. The Hall–Kier alpha value is -2.35. The molecular weight excluding hydrogens is 364 g/mol. The van der Waals surface area contributed by atoms with Gasteiger partial charge in [0.25, 0.3) is 5.91 Å². The van der Waals surface area contributed by atoms with Crippen LogP contribution in [0.15, 0.2) is 23.3 Å². The first-order valence-electron chi connectivity index (χ1n) is 8.96. The van der Waals surface area contributed by atoms with E-state index >= 15 is 0 Å². The lowest BCUT2D eigenvalue weighted by atomic mass is 10.0. The van der Waals surface area contributed by atoms with Crippen LogP contribution in [0.25, 0.3) is 0 Å². The topological polar surface area (TPSA) is 82.1 Å². The number of nitrogens with one attached hydrogen (secondary N) is 1. The van der Waals surface area contributed by atoms with E-state index in [1.807, 2.05) is 25.1 Å². The molecule has 1 spiro atoms. The number of rotatable bonds is 3. The molecule has 1 aromatic rings. The number of thioether (sulfide) groups is 1. The summed E-state index contributed by atoms with van der Waals surface area (Å²) in [4.78, 5) is 37.9. The van der Waals surface area contributed by atoms with Gasteiger partial charge in [-0.05, 0) is 37.1 Å². The summed E-state index contributed by atoms with van der Waals surface area (Å²) < 4.78 is 0. The van der Waals surface area contributed by atoms with Gasteiger partial charge in [-0.3, -0.25) is 14.4 Å². The first-order valence-corrected chi connectivity index (χ1v) is 9.77. The highest BCUT2D eigenvalue weighted by Gasteiger charge is 2.61. The lowest BCUT2D eigenvalue weighted by Crippen LogP contribution is -2.48. The zero-order valence-corrected chi connectivity index (χ0v) is 17.0. The molecule has 2 aliphatic heterocycles. The lowest BCUT2D eigenvalue weighted by molar-refractivity contribution is -0.139. The van der Waals surface area contributed by atoms with Crippen molar-refractivity contribution in [3.05, 3.63) is 29.3 Å². The monoisotopic (exact) mass is 388 g/mol. The molecule has 3 rings (SSSR count). The van der Waals surface area contributed by atoms with Gasteiger partial charge in [0.15, 0.2) is 5.17 Å². The first kappa shape index (κ1) is 19.4. The largest absolute Gasteiger partial charge is 0.309 e. The van der Waals surface area contributed by atoms with Gasteiger partial charge < -0.3 is 10.2 Å². The van der Waals surface area contributed by atoms with Gasteiger partial charge in [-0.1, -0.05) is 31.5 Å². The summed E-state index contributed by atoms with van der Waals surface area (Å²) >= 11 is 1.11. The Morgan fingerprint density at radius 1 is 1.30 bits per heavy atom. The van der Waals surface area contributed by atoms with E-state index in [1.165, 1.54) is 18.9 Å². The molecule has 0 fully saturated rings. The number of hydrogen-bond acceptors (Lipinski definition) is 5. The molecule has 1 aromatic carbocycles. The minimum Gasteiger partial charge on any atom is -0.309 e. The Kier molecular flexibility index (Phi) is 5.03. The number of hydrazone groups is 1. The second kappa shape index (κ2) is 6.99. The van der Waals surface area contributed by atoms with Crippen LogP contribution in [0.4, 0.5) is 5.69 Å². The van der Waals surface area contributed by atoms with Gasteiger partial charge in [-0.15, -0.1) is 5.10 Å². The van der Waals surface area contributed by atoms with Crippen LogP contribution in [0.3, 0.4) is 0 Å². The molecule has 2 heterocycles. The maximum atomic E-state index is 13.6. The standard InChI is InChI=1S/C19H24N4O3S/c1-11(2)8-9-22-16-7-6-12(3)10-15(16)19(17(22)26)23(14(5)25)21-18(27-19)20-13(4)24/h6-7,10-11H,8-9H2,1-5H3,(H,20,21,24). The van der Waals surface area contributed by atoms with Gasteiger partial charge in [-0.25, -0.2) is 0 Å². The SMILES string of the molecule is CC(=O)NC1=NN(C(C)=O)C2(S1)C(=O)N(CCC(C)C)c1ccc(C)cc12. The smallest absolute Gasteiger partial charge is 0.270 e. The van der Waals surface area contributed by atoms with E-state index in [4.69, 9.17) is 0 Å². The Bertz CT molecular complexity index is 851. The number of hydrogen-bond donors (Lipinski definition) is 1. The van der Waals surface area contributed by atoms with Crippen molar-refractivity contribution >= 4 is 40.3 Å². The van der Waals surface area contributed by atoms with Crippen molar-refractivity contribution < 1.29 is 14.4 Å². The Balaban J connectivity index is 2.11. The van der Waals surface area contributed by atoms with Gasteiger partial charge >= 0.3 is 0 Å². The highest BCUT2D eigenvalue weighted by atomic mass is 32.2. The fraction of sp³-hybridized carbons (Fsp3) is 0.474. The van der Waals surface area contributed by atoms with E-state index in [0.29, 0.717) is 12.5 Å². The average Bonchev–Trinajstić information content (AvgIpc) is 3.04. The third-order valence-corrected chi connectivity index (χ3v) is 5.83. The summed E-state index contributed by atoms with van der Waals surface area (Å²) in [5, 5.41) is 8.33. The molecule has 0 saturated heterocycles. The van der Waals surface area contributed by atoms with Crippen molar-refractivity contribution in [1.82, 2.24) is 10.3 Å². The van der Waals surface area contributed by atoms with E-state index in [-0.39, 0.29) is 22.9 Å². The Morgan fingerprint density at radius 2 is 2.00 bits per heavy atom. The minimum absolute atomic E-state index is 0.201. The molecule has 27 heavy (non-hydrogen) atoms. The Morgan fingerprint density at radius 3 is 2.59 bits per heavy atom. The Labute approximate surface area is 163 Å². The summed E-state index contributed by atoms with van der Waals surface area (Å²) in [6.45, 7) is 9.48. The van der Waals surface area contributed by atoms with Crippen molar-refractivity contribution in [2.75, 3.05) is 11.4 Å². The zero-order chi connectivity index (χ0) is 19.9. The lowest BCUT2D eigenvalue weighted by Gasteiger charge is -2.29. The molecule has 144 valence electrons. The quantitative estimate of drug-likeness (QED) is 0.863. The zero-order valence-electron chi connectivity index (χ0n) is 16.2. The van der Waals surface area contributed by atoms with Crippen LogP contribution in [0.5, 0.6) is 0 Å². The number of amidine groups is 1. The van der Waals surface area contributed by atoms with Crippen LogP contribution in [0, 0.1) is 12.8 Å². The van der Waals surface area contributed by atoms with Gasteiger partial charge in [0.05, 0.1) is 5.69 Å². The average molecular weight is 388 g/mol. The molecule has 1 unspecified atom stereocenters. The summed E-state index contributed by atoms with van der Waals surface area (Å²) in [5.41, 5.74) is 2.52. The van der Waals surface area contributed by atoms with Crippen molar-refractivity contribution in [1.29, 1.82) is 0 Å². The van der Waals surface area contributed by atoms with Gasteiger partial charge in [0.1, 0.15) is 0 Å². The van der Waals surface area contributed by atoms with E-state index in [9.17, 15) is 14.4 Å². The van der Waals surface area contributed by atoms with Gasteiger partial charge in [0, 0.05) is 26.0 Å². The number of anilines is 1. The minimum atomic E-state index is -1.30. The number of nitrogens with zero attached hydrogens (tertiary/aromatic N) is 3. The normalized spacial score (nSPS) is 21.1. The predicted octanol–water partition coefficient (Wildman–Crippen LogP) is 2.54. The van der Waals surface area contributed by atoms with Crippen LogP contribution in [-0.4, -0.2) is 34.4 Å².